The van der Waals surface area contributed by atoms with Crippen LogP contribution in [-0.2, 0) is 11.3 Å². The summed E-state index contributed by atoms with van der Waals surface area (Å²) >= 11 is 5.57. The maximum atomic E-state index is 13.1. The summed E-state index contributed by atoms with van der Waals surface area (Å²) in [4.78, 5) is 44.7. The lowest BCUT2D eigenvalue weighted by Crippen LogP contribution is -2.33. The number of benzene rings is 2. The number of carbonyl (C=O) groups is 3. The van der Waals surface area contributed by atoms with Crippen molar-refractivity contribution in [3.63, 3.8) is 0 Å². The van der Waals surface area contributed by atoms with Crippen LogP contribution in [0, 0.1) is 0 Å². The van der Waals surface area contributed by atoms with Gasteiger partial charge in [0.25, 0.3) is 11.8 Å². The van der Waals surface area contributed by atoms with Crippen molar-refractivity contribution < 1.29 is 27.6 Å². The number of aromatic nitrogens is 1. The van der Waals surface area contributed by atoms with Crippen molar-refractivity contribution >= 4 is 52.7 Å². The van der Waals surface area contributed by atoms with Gasteiger partial charge in [-0.3, -0.25) is 9.59 Å². The highest BCUT2D eigenvalue weighted by atomic mass is 35.5. The van der Waals surface area contributed by atoms with Gasteiger partial charge in [-0.2, -0.15) is 13.2 Å². The summed E-state index contributed by atoms with van der Waals surface area (Å²) in [6.07, 6.45) is 1.47. The highest BCUT2D eigenvalue weighted by Crippen LogP contribution is 2.38. The summed E-state index contributed by atoms with van der Waals surface area (Å²) < 4.78 is 37.7. The first-order valence-electron chi connectivity index (χ1n) is 10.5. The van der Waals surface area contributed by atoms with Crippen molar-refractivity contribution in [2.24, 2.45) is 0 Å². The molecule has 1 aliphatic heterocycles. The predicted octanol–water partition coefficient (Wildman–Crippen LogP) is 5.96. The number of urea groups is 1. The quantitative estimate of drug-likeness (QED) is 0.312. The monoisotopic (exact) mass is 534 g/mol. The fourth-order valence-electron chi connectivity index (χ4n) is 3.58. The maximum Gasteiger partial charge on any atom is 0.446 e. The number of pyridine rings is 1. The number of imide groups is 1. The van der Waals surface area contributed by atoms with E-state index in [1.807, 2.05) is 0 Å². The van der Waals surface area contributed by atoms with Gasteiger partial charge in [0.15, 0.2) is 0 Å². The lowest BCUT2D eigenvalue weighted by Gasteiger charge is -2.20. The molecule has 0 radical (unpaired) electrons. The summed E-state index contributed by atoms with van der Waals surface area (Å²) in [6.45, 7) is 1.62. The van der Waals surface area contributed by atoms with E-state index in [2.05, 4.69) is 10.3 Å². The van der Waals surface area contributed by atoms with Crippen LogP contribution in [0.5, 0.6) is 0 Å². The molecule has 1 N–H and O–H groups in total. The number of carbonyl (C=O) groups excluding carboxylic acids is 3. The molecule has 4 amide bonds. The third kappa shape index (κ3) is 5.80. The molecule has 1 atom stereocenters. The van der Waals surface area contributed by atoms with E-state index in [1.165, 1.54) is 35.4 Å². The van der Waals surface area contributed by atoms with E-state index in [-0.39, 0.29) is 34.7 Å². The van der Waals surface area contributed by atoms with Crippen molar-refractivity contribution in [1.82, 2.24) is 9.88 Å². The molecule has 1 saturated heterocycles. The van der Waals surface area contributed by atoms with Gasteiger partial charge >= 0.3 is 11.5 Å². The third-order valence-electron chi connectivity index (χ3n) is 5.34. The standard InChI is InChI=1S/C24H18ClF3N4O3S/c1-14-22(34)32(18-6-8-19(9-7-18)36-24(26,27)28)23(35)31(14)13-15-10-11-29-20(12-15)30-21(33)16-2-4-17(25)5-3-16/h2-12,14H,13H2,1H3,(H,29,30,33). The van der Waals surface area contributed by atoms with Crippen molar-refractivity contribution in [3.05, 3.63) is 83.0 Å². The Morgan fingerprint density at radius 2 is 1.75 bits per heavy atom. The molecule has 36 heavy (non-hydrogen) atoms. The Bertz CT molecular complexity index is 1300. The van der Waals surface area contributed by atoms with Crippen LogP contribution in [0.15, 0.2) is 71.8 Å². The van der Waals surface area contributed by atoms with Gasteiger partial charge in [0, 0.05) is 28.2 Å². The number of amides is 4. The molecule has 1 fully saturated rings. The highest BCUT2D eigenvalue weighted by molar-refractivity contribution is 8.00. The van der Waals surface area contributed by atoms with Gasteiger partial charge in [-0.15, -0.1) is 0 Å². The van der Waals surface area contributed by atoms with Gasteiger partial charge in [-0.05, 0) is 84.9 Å². The van der Waals surface area contributed by atoms with E-state index in [0.29, 0.717) is 16.1 Å². The van der Waals surface area contributed by atoms with Crippen LogP contribution in [-0.4, -0.2) is 39.3 Å². The summed E-state index contributed by atoms with van der Waals surface area (Å²) in [5.41, 5.74) is -3.26. The van der Waals surface area contributed by atoms with Gasteiger partial charge in [0.2, 0.25) is 0 Å². The number of hydrogen-bond donors (Lipinski definition) is 1. The van der Waals surface area contributed by atoms with Crippen LogP contribution in [0.2, 0.25) is 5.02 Å². The minimum Gasteiger partial charge on any atom is -0.308 e. The second-order valence-corrected chi connectivity index (χ2v) is 9.39. The first kappa shape index (κ1) is 25.5. The number of nitrogens with zero attached hydrogens (tertiary/aromatic N) is 3. The van der Waals surface area contributed by atoms with Crippen LogP contribution in [0.4, 0.5) is 29.5 Å². The Morgan fingerprint density at radius 1 is 1.08 bits per heavy atom. The van der Waals surface area contributed by atoms with Crippen molar-refractivity contribution in [2.45, 2.75) is 29.9 Å². The highest BCUT2D eigenvalue weighted by Gasteiger charge is 2.43. The molecule has 12 heteroatoms. The average molecular weight is 535 g/mol. The summed E-state index contributed by atoms with van der Waals surface area (Å²) in [5, 5.41) is 3.17. The zero-order valence-electron chi connectivity index (χ0n) is 18.6. The molecular weight excluding hydrogens is 517 g/mol. The van der Waals surface area contributed by atoms with Crippen LogP contribution in [0.1, 0.15) is 22.8 Å². The van der Waals surface area contributed by atoms with E-state index in [0.717, 1.165) is 4.90 Å². The van der Waals surface area contributed by atoms with Crippen molar-refractivity contribution in [3.8, 4) is 0 Å². The molecule has 2 heterocycles. The molecule has 2 aromatic carbocycles. The molecule has 4 rings (SSSR count). The van der Waals surface area contributed by atoms with Crippen LogP contribution in [0.3, 0.4) is 0 Å². The minimum absolute atomic E-state index is 0.0522. The molecule has 0 bridgehead atoms. The normalized spacial score (nSPS) is 16.0. The molecular formula is C24H18ClF3N4O3S. The number of hydrogen-bond acceptors (Lipinski definition) is 5. The smallest absolute Gasteiger partial charge is 0.308 e. The number of rotatable bonds is 6. The number of thioether (sulfide) groups is 1. The molecule has 0 saturated carbocycles. The zero-order chi connectivity index (χ0) is 26.0. The van der Waals surface area contributed by atoms with Crippen LogP contribution < -0.4 is 10.2 Å². The Kier molecular flexibility index (Phi) is 7.23. The van der Waals surface area contributed by atoms with E-state index in [9.17, 15) is 27.6 Å². The van der Waals surface area contributed by atoms with Gasteiger partial charge < -0.3 is 10.2 Å². The van der Waals surface area contributed by atoms with Crippen LogP contribution >= 0.6 is 23.4 Å². The molecule has 1 aromatic heterocycles. The lowest BCUT2D eigenvalue weighted by molar-refractivity contribution is -0.119. The van der Waals surface area contributed by atoms with E-state index >= 15 is 0 Å². The third-order valence-corrected chi connectivity index (χ3v) is 6.33. The van der Waals surface area contributed by atoms with E-state index in [4.69, 9.17) is 11.6 Å². The fourth-order valence-corrected chi connectivity index (χ4v) is 4.24. The Balaban J connectivity index is 1.47. The first-order chi connectivity index (χ1) is 17.0. The van der Waals surface area contributed by atoms with Crippen molar-refractivity contribution in [1.29, 1.82) is 0 Å². The Labute approximate surface area is 213 Å². The second kappa shape index (κ2) is 10.2. The summed E-state index contributed by atoms with van der Waals surface area (Å²) in [5.74, 6) is -0.635. The minimum atomic E-state index is -4.44. The SMILES string of the molecule is CC1C(=O)N(c2ccc(SC(F)(F)F)cc2)C(=O)N1Cc1ccnc(NC(=O)c2ccc(Cl)cc2)c1. The maximum absolute atomic E-state index is 13.1. The number of anilines is 2. The summed E-state index contributed by atoms with van der Waals surface area (Å²) in [6, 6.07) is 13.2. The number of halogens is 4. The molecule has 3 aromatic rings. The van der Waals surface area contributed by atoms with Crippen molar-refractivity contribution in [2.75, 3.05) is 10.2 Å². The fraction of sp³-hybridized carbons (Fsp3) is 0.167. The van der Waals surface area contributed by atoms with Gasteiger partial charge in [0.1, 0.15) is 11.9 Å². The molecule has 0 aliphatic carbocycles. The van der Waals surface area contributed by atoms with E-state index in [1.54, 1.807) is 43.3 Å². The molecule has 7 nitrogen and oxygen atoms in total. The predicted molar refractivity (Wildman–Crippen MR) is 130 cm³/mol. The topological polar surface area (TPSA) is 82.6 Å². The molecule has 1 unspecified atom stereocenters. The molecule has 0 spiro atoms. The van der Waals surface area contributed by atoms with Gasteiger partial charge in [-0.1, -0.05) is 11.6 Å². The van der Waals surface area contributed by atoms with Crippen LogP contribution in [0.25, 0.3) is 0 Å². The number of alkyl halides is 3. The number of nitrogens with one attached hydrogen (secondary N) is 1. The zero-order valence-corrected chi connectivity index (χ0v) is 20.2. The Hall–Kier alpha value is -3.57. The largest absolute Gasteiger partial charge is 0.446 e. The second-order valence-electron chi connectivity index (χ2n) is 7.81. The van der Waals surface area contributed by atoms with Gasteiger partial charge in [0.05, 0.1) is 5.69 Å². The molecule has 1 aliphatic rings. The molecule has 186 valence electrons. The van der Waals surface area contributed by atoms with Gasteiger partial charge in [-0.25, -0.2) is 14.7 Å². The summed E-state index contributed by atoms with van der Waals surface area (Å²) in [7, 11) is 0. The lowest BCUT2D eigenvalue weighted by atomic mass is 10.2. The van der Waals surface area contributed by atoms with E-state index < -0.39 is 29.4 Å². The first-order valence-corrected chi connectivity index (χ1v) is 11.7. The average Bonchev–Trinajstić information content (AvgIpc) is 3.02. The Morgan fingerprint density at radius 3 is 2.39 bits per heavy atom.